The fourth-order valence-corrected chi connectivity index (χ4v) is 2.42. The quantitative estimate of drug-likeness (QED) is 0.208. The first-order valence-corrected chi connectivity index (χ1v) is 12.2. The maximum Gasteiger partial charge on any atom is -0.0426 e. The van der Waals surface area contributed by atoms with Gasteiger partial charge in [0.1, 0.15) is 0 Å². The van der Waals surface area contributed by atoms with Gasteiger partial charge in [-0.25, -0.2) is 0 Å². The molecule has 4 aromatic carbocycles. The third-order valence-corrected chi connectivity index (χ3v) is 3.65. The number of hydrogen-bond donors (Lipinski definition) is 0. The zero-order valence-corrected chi connectivity index (χ0v) is 17.6. The predicted octanol–water partition coefficient (Wildman–Crippen LogP) is 7.19. The monoisotopic (exact) mass is 485 g/mol. The summed E-state index contributed by atoms with van der Waals surface area (Å²) in [6.07, 6.45) is 0. The first-order valence-electron chi connectivity index (χ1n) is 8.12. The van der Waals surface area contributed by atoms with Crippen LogP contribution in [0.4, 0.5) is 0 Å². The van der Waals surface area contributed by atoms with Gasteiger partial charge in [-0.2, -0.15) is 60.7 Å². The van der Waals surface area contributed by atoms with Gasteiger partial charge in [0.2, 0.25) is 0 Å². The third kappa shape index (κ3) is 6.80. The van der Waals surface area contributed by atoms with E-state index in [0.717, 1.165) is 0 Å². The van der Waals surface area contributed by atoms with Crippen molar-refractivity contribution in [1.29, 1.82) is 0 Å². The van der Waals surface area contributed by atoms with E-state index in [1.165, 1.54) is 22.3 Å². The standard InChI is InChI=1S/2C12H9.Cr.HI/c2*1-3-7-11(8-4-1)12-9-5-2-6-10-12;;/h2*1,3-10H;;1H/q2*-1;+3;/p-1. The Morgan fingerprint density at radius 3 is 1.00 bits per heavy atom. The van der Waals surface area contributed by atoms with Crippen LogP contribution in [0.3, 0.4) is 0 Å². The fraction of sp³-hybridized carbons (Fsp3) is 0. The second-order valence-electron chi connectivity index (χ2n) is 5.31. The zero-order chi connectivity index (χ0) is 18.5. The molecule has 0 aliphatic rings. The largest absolute Gasteiger partial charge is 0.184 e. The van der Waals surface area contributed by atoms with Gasteiger partial charge in [-0.05, 0) is 11.1 Å². The van der Waals surface area contributed by atoms with Crippen molar-refractivity contribution >= 4 is 20.3 Å². The molecule has 0 spiro atoms. The van der Waals surface area contributed by atoms with Crippen molar-refractivity contribution in [3.8, 4) is 22.3 Å². The van der Waals surface area contributed by atoms with E-state index in [-0.39, 0.29) is 0 Å². The summed E-state index contributed by atoms with van der Waals surface area (Å²) in [6.45, 7) is 0. The summed E-state index contributed by atoms with van der Waals surface area (Å²) in [6, 6.07) is 42.7. The maximum absolute atomic E-state index is 3.00. The molecule has 0 aromatic heterocycles. The average Bonchev–Trinajstić information content (AvgIpc) is 2.78. The van der Waals surface area contributed by atoms with Crippen LogP contribution in [-0.2, 0) is 13.0 Å². The summed E-state index contributed by atoms with van der Waals surface area (Å²) in [5.74, 6) is 0. The molecule has 0 N–H and O–H groups in total. The number of benzene rings is 4. The van der Waals surface area contributed by atoms with Gasteiger partial charge in [0, 0.05) is 0 Å². The summed E-state index contributed by atoms with van der Waals surface area (Å²) in [7, 11) is 0. The molecule has 0 nitrogen and oxygen atoms in total. The fourth-order valence-electron chi connectivity index (χ4n) is 2.42. The topological polar surface area (TPSA) is 0 Å². The Morgan fingerprint density at radius 2 is 0.692 bits per heavy atom. The van der Waals surface area contributed by atoms with Crippen molar-refractivity contribution in [3.05, 3.63) is 121 Å². The van der Waals surface area contributed by atoms with E-state index < -0.39 is 0 Å². The Kier molecular flexibility index (Phi) is 9.82. The van der Waals surface area contributed by atoms with Crippen LogP contribution >= 0.6 is 20.3 Å². The van der Waals surface area contributed by atoms with Gasteiger partial charge in [0.25, 0.3) is 0 Å². The van der Waals surface area contributed by atoms with Crippen LogP contribution in [0.1, 0.15) is 0 Å². The second-order valence-corrected chi connectivity index (χ2v) is 5.31. The van der Waals surface area contributed by atoms with Crippen LogP contribution in [-0.4, -0.2) is 0 Å². The minimum absolute atomic E-state index is 1.24. The minimum atomic E-state index is 1.24. The minimum Gasteiger partial charge on any atom is -0.184 e. The van der Waals surface area contributed by atoms with E-state index in [1.807, 2.05) is 80.9 Å². The van der Waals surface area contributed by atoms with Gasteiger partial charge in [-0.1, -0.05) is 60.7 Å². The Bertz CT molecular complexity index is 682. The normalized spacial score (nSPS) is 9.08. The molecule has 0 fully saturated rings. The van der Waals surface area contributed by atoms with Crippen LogP contribution in [0, 0.1) is 12.1 Å². The molecule has 4 rings (SSSR count). The van der Waals surface area contributed by atoms with Gasteiger partial charge < -0.3 is 0 Å². The molecule has 0 amide bonds. The molecular formula is C24H18CrI. The van der Waals surface area contributed by atoms with E-state index in [2.05, 4.69) is 73.7 Å². The Morgan fingerprint density at radius 1 is 0.423 bits per heavy atom. The molecule has 0 heterocycles. The first-order chi connectivity index (χ1) is 12.9. The van der Waals surface area contributed by atoms with Crippen LogP contribution < -0.4 is 0 Å². The molecule has 0 saturated carbocycles. The molecule has 127 valence electrons. The third-order valence-electron chi connectivity index (χ3n) is 3.65. The van der Waals surface area contributed by atoms with E-state index in [1.54, 1.807) is 0 Å². The van der Waals surface area contributed by atoms with Crippen molar-refractivity contribution in [2.24, 2.45) is 0 Å². The molecule has 0 unspecified atom stereocenters. The van der Waals surface area contributed by atoms with Crippen LogP contribution in [0.5, 0.6) is 0 Å². The summed E-state index contributed by atoms with van der Waals surface area (Å²) in [5.41, 5.74) is 5.00. The summed E-state index contributed by atoms with van der Waals surface area (Å²) >= 11 is 4.62. The number of rotatable bonds is 2. The van der Waals surface area contributed by atoms with Crippen molar-refractivity contribution in [3.63, 3.8) is 0 Å². The zero-order valence-electron chi connectivity index (χ0n) is 14.2. The second kappa shape index (κ2) is 12.5. The number of halogens is 1. The molecule has 26 heavy (non-hydrogen) atoms. The Hall–Kier alpha value is -1.86. The van der Waals surface area contributed by atoms with Gasteiger partial charge in [-0.3, -0.25) is 0 Å². The van der Waals surface area contributed by atoms with Gasteiger partial charge in [0.15, 0.2) is 0 Å². The molecular weight excluding hydrogens is 467 g/mol. The Labute approximate surface area is 176 Å². The van der Waals surface area contributed by atoms with E-state index >= 15 is 0 Å². The summed E-state index contributed by atoms with van der Waals surface area (Å²) < 4.78 is 0. The van der Waals surface area contributed by atoms with Crippen LogP contribution in [0.25, 0.3) is 22.3 Å². The SMILES string of the molecule is [Cr+2][I].[c-]1ccc(-c2ccccc2)cc1.[c-]1ccc(-c2ccccc2)cc1. The van der Waals surface area contributed by atoms with Crippen molar-refractivity contribution in [2.45, 2.75) is 0 Å². The molecule has 0 radical (unpaired) electrons. The van der Waals surface area contributed by atoms with Crippen molar-refractivity contribution < 1.29 is 13.0 Å². The van der Waals surface area contributed by atoms with Crippen molar-refractivity contribution in [1.82, 2.24) is 0 Å². The molecule has 0 aliphatic carbocycles. The van der Waals surface area contributed by atoms with Crippen LogP contribution in [0.15, 0.2) is 109 Å². The molecule has 2 heteroatoms. The van der Waals surface area contributed by atoms with Gasteiger partial charge in [-0.15, -0.1) is 11.1 Å². The summed E-state index contributed by atoms with van der Waals surface area (Å²) in [5, 5.41) is 0. The predicted molar refractivity (Wildman–Crippen MR) is 115 cm³/mol. The van der Waals surface area contributed by atoms with Crippen molar-refractivity contribution in [2.75, 3.05) is 0 Å². The van der Waals surface area contributed by atoms with E-state index in [0.29, 0.717) is 0 Å². The van der Waals surface area contributed by atoms with Gasteiger partial charge >= 0.3 is 33.3 Å². The van der Waals surface area contributed by atoms with Gasteiger partial charge in [0.05, 0.1) is 0 Å². The number of hydrogen-bond acceptors (Lipinski definition) is 0. The maximum atomic E-state index is 3.00. The molecule has 0 aliphatic heterocycles. The molecule has 4 aromatic rings. The molecule has 0 bridgehead atoms. The van der Waals surface area contributed by atoms with E-state index in [4.69, 9.17) is 0 Å². The Balaban J connectivity index is 0.000000171. The first kappa shape index (κ1) is 20.5. The summed E-state index contributed by atoms with van der Waals surface area (Å²) in [4.78, 5) is 0. The van der Waals surface area contributed by atoms with Crippen LogP contribution in [0.2, 0.25) is 0 Å². The van der Waals surface area contributed by atoms with E-state index in [9.17, 15) is 0 Å². The molecule has 0 atom stereocenters. The smallest absolute Gasteiger partial charge is 0.0426 e. The average molecular weight is 485 g/mol. The molecule has 0 saturated heterocycles.